The molecule has 0 saturated carbocycles. The van der Waals surface area contributed by atoms with Crippen LogP contribution in [0.2, 0.25) is 0 Å². The Labute approximate surface area is 109 Å². The van der Waals surface area contributed by atoms with Crippen molar-refractivity contribution in [3.8, 4) is 0 Å². The summed E-state index contributed by atoms with van der Waals surface area (Å²) >= 11 is 1.08. The van der Waals surface area contributed by atoms with Gasteiger partial charge >= 0.3 is 5.97 Å². The summed E-state index contributed by atoms with van der Waals surface area (Å²) < 4.78 is 0. The molecule has 6 heteroatoms. The monoisotopic (exact) mass is 271 g/mol. The summed E-state index contributed by atoms with van der Waals surface area (Å²) in [6.45, 7) is 3.58. The van der Waals surface area contributed by atoms with E-state index in [1.807, 2.05) is 6.92 Å². The lowest BCUT2D eigenvalue weighted by atomic mass is 9.97. The van der Waals surface area contributed by atoms with Gasteiger partial charge in [0.15, 0.2) is 0 Å². The maximum absolute atomic E-state index is 11.9. The van der Waals surface area contributed by atoms with Gasteiger partial charge in [0.1, 0.15) is 0 Å². The second kappa shape index (κ2) is 5.97. The van der Waals surface area contributed by atoms with Crippen molar-refractivity contribution in [2.75, 3.05) is 6.61 Å². The molecule has 0 saturated heterocycles. The molecule has 1 unspecified atom stereocenters. The average Bonchev–Trinajstić information content (AvgIpc) is 2.78. The molecule has 18 heavy (non-hydrogen) atoms. The number of hydrogen-bond acceptors (Lipinski definition) is 4. The third kappa shape index (κ3) is 3.54. The van der Waals surface area contributed by atoms with E-state index in [9.17, 15) is 14.7 Å². The van der Waals surface area contributed by atoms with Crippen LogP contribution in [0, 0.1) is 0 Å². The van der Waals surface area contributed by atoms with Gasteiger partial charge in [0.25, 0.3) is 5.91 Å². The lowest BCUT2D eigenvalue weighted by Crippen LogP contribution is -2.48. The van der Waals surface area contributed by atoms with Gasteiger partial charge in [-0.2, -0.15) is 0 Å². The highest BCUT2D eigenvalue weighted by Gasteiger charge is 2.25. The van der Waals surface area contributed by atoms with Crippen LogP contribution in [-0.4, -0.2) is 34.2 Å². The van der Waals surface area contributed by atoms with Crippen LogP contribution in [-0.2, 0) is 0 Å². The summed E-state index contributed by atoms with van der Waals surface area (Å²) in [4.78, 5) is 23.0. The number of carbonyl (C=O) groups is 2. The zero-order chi connectivity index (χ0) is 13.8. The SMILES string of the molecule is CCCC(C)(CO)NC(=O)c1cc(C(=O)O)cs1. The first-order chi connectivity index (χ1) is 8.41. The van der Waals surface area contributed by atoms with Crippen molar-refractivity contribution in [3.05, 3.63) is 21.9 Å². The minimum Gasteiger partial charge on any atom is -0.478 e. The summed E-state index contributed by atoms with van der Waals surface area (Å²) in [5, 5.41) is 22.2. The maximum Gasteiger partial charge on any atom is 0.336 e. The summed E-state index contributed by atoms with van der Waals surface area (Å²) in [5.41, 5.74) is -0.564. The molecule has 0 bridgehead atoms. The molecule has 1 heterocycles. The number of aliphatic hydroxyl groups is 1. The quantitative estimate of drug-likeness (QED) is 0.735. The molecule has 1 rings (SSSR count). The van der Waals surface area contributed by atoms with Crippen LogP contribution in [0.15, 0.2) is 11.4 Å². The highest BCUT2D eigenvalue weighted by molar-refractivity contribution is 7.12. The van der Waals surface area contributed by atoms with Crippen molar-refractivity contribution < 1.29 is 19.8 Å². The van der Waals surface area contributed by atoms with Gasteiger partial charge in [-0.25, -0.2) is 4.79 Å². The van der Waals surface area contributed by atoms with Crippen LogP contribution in [0.1, 0.15) is 46.7 Å². The van der Waals surface area contributed by atoms with Gasteiger partial charge in [-0.05, 0) is 19.4 Å². The molecular formula is C12H17NO4S. The summed E-state index contributed by atoms with van der Waals surface area (Å²) in [7, 11) is 0. The Morgan fingerprint density at radius 1 is 1.50 bits per heavy atom. The first-order valence-corrected chi connectivity index (χ1v) is 6.55. The second-order valence-electron chi connectivity index (χ2n) is 4.43. The molecule has 5 nitrogen and oxygen atoms in total. The van der Waals surface area contributed by atoms with E-state index >= 15 is 0 Å². The third-order valence-corrected chi connectivity index (χ3v) is 3.57. The minimum absolute atomic E-state index is 0.103. The number of hydrogen-bond donors (Lipinski definition) is 3. The van der Waals surface area contributed by atoms with Crippen LogP contribution in [0.3, 0.4) is 0 Å². The molecule has 0 aliphatic carbocycles. The zero-order valence-corrected chi connectivity index (χ0v) is 11.2. The van der Waals surface area contributed by atoms with Gasteiger partial charge in [0.2, 0.25) is 0 Å². The minimum atomic E-state index is -1.05. The Morgan fingerprint density at radius 3 is 2.61 bits per heavy atom. The number of rotatable bonds is 6. The topological polar surface area (TPSA) is 86.6 Å². The Hall–Kier alpha value is -1.40. The molecule has 1 atom stereocenters. The number of amides is 1. The van der Waals surface area contributed by atoms with E-state index in [0.29, 0.717) is 11.3 Å². The molecule has 1 amide bonds. The van der Waals surface area contributed by atoms with E-state index < -0.39 is 11.5 Å². The summed E-state index contributed by atoms with van der Waals surface area (Å²) in [6, 6.07) is 1.34. The first-order valence-electron chi connectivity index (χ1n) is 5.67. The fraction of sp³-hybridized carbons (Fsp3) is 0.500. The molecule has 0 radical (unpaired) electrons. The van der Waals surface area contributed by atoms with Gasteiger partial charge in [-0.1, -0.05) is 13.3 Å². The number of carbonyl (C=O) groups excluding carboxylic acids is 1. The van der Waals surface area contributed by atoms with Gasteiger partial charge in [0.05, 0.1) is 22.6 Å². The highest BCUT2D eigenvalue weighted by atomic mass is 32.1. The van der Waals surface area contributed by atoms with Crippen molar-refractivity contribution in [2.24, 2.45) is 0 Å². The molecule has 0 aliphatic rings. The molecule has 100 valence electrons. The number of aliphatic hydroxyl groups excluding tert-OH is 1. The van der Waals surface area contributed by atoms with Crippen LogP contribution in [0.5, 0.6) is 0 Å². The Balaban J connectivity index is 2.77. The molecule has 1 aromatic rings. The predicted molar refractivity (Wildman–Crippen MR) is 69.1 cm³/mol. The average molecular weight is 271 g/mol. The van der Waals surface area contributed by atoms with E-state index in [4.69, 9.17) is 5.11 Å². The Morgan fingerprint density at radius 2 is 2.17 bits per heavy atom. The molecule has 1 aromatic heterocycles. The van der Waals surface area contributed by atoms with Crippen molar-refractivity contribution in [2.45, 2.75) is 32.2 Å². The van der Waals surface area contributed by atoms with E-state index in [-0.39, 0.29) is 18.1 Å². The summed E-state index contributed by atoms with van der Waals surface area (Å²) in [6.07, 6.45) is 1.49. The smallest absolute Gasteiger partial charge is 0.336 e. The van der Waals surface area contributed by atoms with Crippen LogP contribution in [0.25, 0.3) is 0 Å². The predicted octanol–water partition coefficient (Wildman–Crippen LogP) is 1.73. The van der Waals surface area contributed by atoms with Crippen molar-refractivity contribution in [1.82, 2.24) is 5.32 Å². The highest BCUT2D eigenvalue weighted by Crippen LogP contribution is 2.17. The normalized spacial score (nSPS) is 13.9. The van der Waals surface area contributed by atoms with Gasteiger partial charge in [-0.3, -0.25) is 4.79 Å². The number of carboxylic acids is 1. The van der Waals surface area contributed by atoms with E-state index in [0.717, 1.165) is 17.8 Å². The number of aromatic carboxylic acids is 1. The number of thiophene rings is 1. The third-order valence-electron chi connectivity index (χ3n) is 2.64. The van der Waals surface area contributed by atoms with Crippen LogP contribution < -0.4 is 5.32 Å². The van der Waals surface area contributed by atoms with E-state index in [1.54, 1.807) is 6.92 Å². The second-order valence-corrected chi connectivity index (χ2v) is 5.34. The molecule has 0 aromatic carbocycles. The van der Waals surface area contributed by atoms with Crippen LogP contribution >= 0.6 is 11.3 Å². The molecular weight excluding hydrogens is 254 g/mol. The Bertz CT molecular complexity index is 443. The fourth-order valence-electron chi connectivity index (χ4n) is 1.64. The van der Waals surface area contributed by atoms with Crippen molar-refractivity contribution in [1.29, 1.82) is 0 Å². The number of nitrogens with one attached hydrogen (secondary N) is 1. The van der Waals surface area contributed by atoms with Gasteiger partial charge in [0, 0.05) is 5.38 Å². The van der Waals surface area contributed by atoms with E-state index in [1.165, 1.54) is 11.4 Å². The van der Waals surface area contributed by atoms with E-state index in [2.05, 4.69) is 5.32 Å². The lowest BCUT2D eigenvalue weighted by Gasteiger charge is -2.28. The zero-order valence-electron chi connectivity index (χ0n) is 10.4. The largest absolute Gasteiger partial charge is 0.478 e. The van der Waals surface area contributed by atoms with Gasteiger partial charge in [-0.15, -0.1) is 11.3 Å². The molecule has 0 fully saturated rings. The fourth-order valence-corrected chi connectivity index (χ4v) is 2.41. The lowest BCUT2D eigenvalue weighted by molar-refractivity contribution is 0.0697. The Kier molecular flexibility index (Phi) is 4.86. The number of carboxylic acid groups (broad SMARTS) is 1. The van der Waals surface area contributed by atoms with Gasteiger partial charge < -0.3 is 15.5 Å². The standard InChI is InChI=1S/C12H17NO4S/c1-3-4-12(2,7-14)13-10(15)9-5-8(6-18-9)11(16)17/h5-6,14H,3-4,7H2,1-2H3,(H,13,15)(H,16,17). The van der Waals surface area contributed by atoms with Crippen LogP contribution in [0.4, 0.5) is 0 Å². The molecule has 0 spiro atoms. The maximum atomic E-state index is 11.9. The molecule has 3 N–H and O–H groups in total. The summed E-state index contributed by atoms with van der Waals surface area (Å²) in [5.74, 6) is -1.40. The van der Waals surface area contributed by atoms with Crippen molar-refractivity contribution in [3.63, 3.8) is 0 Å². The van der Waals surface area contributed by atoms with Crippen molar-refractivity contribution >= 4 is 23.2 Å². The first kappa shape index (κ1) is 14.7. The molecule has 0 aliphatic heterocycles.